The second kappa shape index (κ2) is 4.94. The predicted molar refractivity (Wildman–Crippen MR) is 75.2 cm³/mol. The van der Waals surface area contributed by atoms with Gasteiger partial charge in [0.2, 0.25) is 0 Å². The summed E-state index contributed by atoms with van der Waals surface area (Å²) >= 11 is 0. The SMILES string of the molecule is COC1CC2C(CC1O)CN1CCC3CC(O)CC2C31. The Kier molecular flexibility index (Phi) is 3.33. The van der Waals surface area contributed by atoms with Crippen LogP contribution in [0.15, 0.2) is 0 Å². The summed E-state index contributed by atoms with van der Waals surface area (Å²) in [5, 5.41) is 20.5. The van der Waals surface area contributed by atoms with Gasteiger partial charge in [-0.25, -0.2) is 0 Å². The van der Waals surface area contributed by atoms with Gasteiger partial charge >= 0.3 is 0 Å². The number of piperidine rings is 1. The fourth-order valence-corrected chi connectivity index (χ4v) is 5.91. The first-order valence-electron chi connectivity index (χ1n) is 8.30. The number of fused-ring (bicyclic) bond motifs is 2. The lowest BCUT2D eigenvalue weighted by atomic mass is 9.60. The van der Waals surface area contributed by atoms with Crippen LogP contribution >= 0.6 is 0 Å². The number of aliphatic hydroxyl groups excluding tert-OH is 2. The summed E-state index contributed by atoms with van der Waals surface area (Å²) in [7, 11) is 1.72. The highest BCUT2D eigenvalue weighted by molar-refractivity contribution is 5.06. The molecule has 8 unspecified atom stereocenters. The Labute approximate surface area is 121 Å². The maximum absolute atomic E-state index is 10.2. The zero-order valence-corrected chi connectivity index (χ0v) is 12.3. The first-order valence-corrected chi connectivity index (χ1v) is 8.30. The molecular formula is C16H27NO3. The van der Waals surface area contributed by atoms with Crippen molar-refractivity contribution in [3.63, 3.8) is 0 Å². The molecule has 0 amide bonds. The summed E-state index contributed by atoms with van der Waals surface area (Å²) < 4.78 is 5.50. The Morgan fingerprint density at radius 2 is 1.85 bits per heavy atom. The van der Waals surface area contributed by atoms with Crippen LogP contribution in [0.5, 0.6) is 0 Å². The topological polar surface area (TPSA) is 52.9 Å². The maximum Gasteiger partial charge on any atom is 0.0833 e. The normalized spacial score (nSPS) is 55.4. The molecule has 2 saturated heterocycles. The molecule has 4 aliphatic rings. The number of aliphatic hydroxyl groups is 2. The summed E-state index contributed by atoms with van der Waals surface area (Å²) in [6.07, 6.45) is 4.68. The molecule has 4 heteroatoms. The molecule has 0 aromatic heterocycles. The van der Waals surface area contributed by atoms with Crippen molar-refractivity contribution in [1.29, 1.82) is 0 Å². The Hall–Kier alpha value is -0.160. The van der Waals surface area contributed by atoms with Crippen molar-refractivity contribution in [3.8, 4) is 0 Å². The second-order valence-corrected chi connectivity index (χ2v) is 7.56. The van der Waals surface area contributed by atoms with Gasteiger partial charge in [0, 0.05) is 19.7 Å². The largest absolute Gasteiger partial charge is 0.393 e. The summed E-state index contributed by atoms with van der Waals surface area (Å²) in [5.41, 5.74) is 0. The third-order valence-corrected chi connectivity index (χ3v) is 6.65. The Balaban J connectivity index is 1.60. The lowest BCUT2D eigenvalue weighted by molar-refractivity contribution is -0.126. The lowest BCUT2D eigenvalue weighted by Gasteiger charge is -2.54. The molecule has 114 valence electrons. The summed E-state index contributed by atoms with van der Waals surface area (Å²) in [4.78, 5) is 2.67. The molecule has 0 bridgehead atoms. The van der Waals surface area contributed by atoms with Gasteiger partial charge in [0.25, 0.3) is 0 Å². The van der Waals surface area contributed by atoms with Crippen LogP contribution in [0.2, 0.25) is 0 Å². The minimum absolute atomic E-state index is 0.00159. The van der Waals surface area contributed by atoms with Crippen LogP contribution in [0.4, 0.5) is 0 Å². The minimum atomic E-state index is -0.301. The van der Waals surface area contributed by atoms with E-state index in [1.807, 2.05) is 0 Å². The van der Waals surface area contributed by atoms with Crippen molar-refractivity contribution in [2.75, 3.05) is 20.2 Å². The molecule has 2 saturated carbocycles. The van der Waals surface area contributed by atoms with E-state index in [1.54, 1.807) is 7.11 Å². The van der Waals surface area contributed by atoms with Crippen molar-refractivity contribution in [2.24, 2.45) is 23.7 Å². The van der Waals surface area contributed by atoms with Crippen LogP contribution in [-0.2, 0) is 4.74 Å². The van der Waals surface area contributed by atoms with Crippen LogP contribution in [0, 0.1) is 23.7 Å². The molecule has 0 radical (unpaired) electrons. The second-order valence-electron chi connectivity index (χ2n) is 7.56. The van der Waals surface area contributed by atoms with Crippen molar-refractivity contribution in [2.45, 2.75) is 56.5 Å². The smallest absolute Gasteiger partial charge is 0.0833 e. The Morgan fingerprint density at radius 3 is 2.65 bits per heavy atom. The zero-order chi connectivity index (χ0) is 13.9. The van der Waals surface area contributed by atoms with E-state index in [9.17, 15) is 10.2 Å². The summed E-state index contributed by atoms with van der Waals surface area (Å²) in [6, 6.07) is 0.701. The van der Waals surface area contributed by atoms with E-state index < -0.39 is 0 Å². The van der Waals surface area contributed by atoms with E-state index in [0.29, 0.717) is 29.7 Å². The Morgan fingerprint density at radius 1 is 1.00 bits per heavy atom. The van der Waals surface area contributed by atoms with Gasteiger partial charge in [-0.2, -0.15) is 0 Å². The summed E-state index contributed by atoms with van der Waals surface area (Å²) in [5.74, 6) is 2.56. The number of ether oxygens (including phenoxy) is 1. The molecule has 8 atom stereocenters. The van der Waals surface area contributed by atoms with E-state index >= 15 is 0 Å². The number of nitrogens with zero attached hydrogens (tertiary/aromatic N) is 1. The van der Waals surface area contributed by atoms with Crippen LogP contribution in [-0.4, -0.2) is 59.7 Å². The van der Waals surface area contributed by atoms with Gasteiger partial charge in [-0.05, 0) is 62.3 Å². The third-order valence-electron chi connectivity index (χ3n) is 6.65. The predicted octanol–water partition coefficient (Wildman–Crippen LogP) is 0.863. The quantitative estimate of drug-likeness (QED) is 0.749. The molecular weight excluding hydrogens is 254 g/mol. The molecule has 0 spiro atoms. The molecule has 0 aromatic carbocycles. The van der Waals surface area contributed by atoms with E-state index in [4.69, 9.17) is 4.74 Å². The number of rotatable bonds is 1. The fraction of sp³-hybridized carbons (Fsp3) is 1.00. The molecule has 2 aliphatic heterocycles. The molecule has 2 N–H and O–H groups in total. The highest BCUT2D eigenvalue weighted by Crippen LogP contribution is 2.52. The van der Waals surface area contributed by atoms with Crippen LogP contribution in [0.3, 0.4) is 0 Å². The first kappa shape index (κ1) is 13.5. The van der Waals surface area contributed by atoms with Crippen molar-refractivity contribution in [1.82, 2.24) is 4.90 Å². The molecule has 4 nitrogen and oxygen atoms in total. The van der Waals surface area contributed by atoms with E-state index in [2.05, 4.69) is 4.90 Å². The number of methoxy groups -OCH3 is 1. The average Bonchev–Trinajstić information content (AvgIpc) is 2.81. The Bertz CT molecular complexity index is 377. The van der Waals surface area contributed by atoms with Gasteiger partial charge in [-0.3, -0.25) is 4.90 Å². The lowest BCUT2D eigenvalue weighted by Crippen LogP contribution is -2.59. The molecule has 4 fully saturated rings. The van der Waals surface area contributed by atoms with Crippen LogP contribution in [0.25, 0.3) is 0 Å². The van der Waals surface area contributed by atoms with Crippen LogP contribution < -0.4 is 0 Å². The molecule has 4 rings (SSSR count). The number of hydrogen-bond acceptors (Lipinski definition) is 4. The fourth-order valence-electron chi connectivity index (χ4n) is 5.91. The van der Waals surface area contributed by atoms with Gasteiger partial charge in [0.05, 0.1) is 18.3 Å². The van der Waals surface area contributed by atoms with Crippen LogP contribution in [0.1, 0.15) is 32.1 Å². The van der Waals surface area contributed by atoms with Gasteiger partial charge in [-0.1, -0.05) is 0 Å². The molecule has 0 aromatic rings. The number of hydrogen-bond donors (Lipinski definition) is 2. The van der Waals surface area contributed by atoms with Gasteiger partial charge in [0.15, 0.2) is 0 Å². The van der Waals surface area contributed by atoms with E-state index in [-0.39, 0.29) is 18.3 Å². The summed E-state index contributed by atoms with van der Waals surface area (Å²) in [6.45, 7) is 2.36. The van der Waals surface area contributed by atoms with Crippen molar-refractivity contribution < 1.29 is 14.9 Å². The van der Waals surface area contributed by atoms with Crippen molar-refractivity contribution >= 4 is 0 Å². The standard InChI is InChI=1S/C16H27NO3/c1-20-15-7-12-10(5-14(15)19)8-17-3-2-9-4-11(18)6-13(12)16(9)17/h9-16,18-19H,2-8H2,1H3. The molecule has 2 aliphatic carbocycles. The van der Waals surface area contributed by atoms with Gasteiger partial charge in [-0.15, -0.1) is 0 Å². The van der Waals surface area contributed by atoms with Crippen molar-refractivity contribution in [3.05, 3.63) is 0 Å². The van der Waals surface area contributed by atoms with Gasteiger partial charge in [0.1, 0.15) is 0 Å². The third kappa shape index (κ3) is 1.96. The van der Waals surface area contributed by atoms with E-state index in [0.717, 1.165) is 32.2 Å². The maximum atomic E-state index is 10.2. The highest BCUT2D eigenvalue weighted by Gasteiger charge is 2.54. The average molecular weight is 281 g/mol. The zero-order valence-electron chi connectivity index (χ0n) is 12.3. The molecule has 20 heavy (non-hydrogen) atoms. The minimum Gasteiger partial charge on any atom is -0.393 e. The van der Waals surface area contributed by atoms with Gasteiger partial charge < -0.3 is 14.9 Å². The van der Waals surface area contributed by atoms with E-state index in [1.165, 1.54) is 13.0 Å². The monoisotopic (exact) mass is 281 g/mol. The molecule has 2 heterocycles. The first-order chi connectivity index (χ1) is 9.67. The highest BCUT2D eigenvalue weighted by atomic mass is 16.5.